The summed E-state index contributed by atoms with van der Waals surface area (Å²) in [5.41, 5.74) is 0.921. The molecule has 0 aliphatic carbocycles. The monoisotopic (exact) mass is 348 g/mol. The summed E-state index contributed by atoms with van der Waals surface area (Å²) in [5.74, 6) is -0.384. The summed E-state index contributed by atoms with van der Waals surface area (Å²) in [5, 5.41) is 5.30. The van der Waals surface area contributed by atoms with E-state index < -0.39 is 11.8 Å². The summed E-state index contributed by atoms with van der Waals surface area (Å²) in [6.07, 6.45) is 9.69. The van der Waals surface area contributed by atoms with Crippen molar-refractivity contribution in [2.24, 2.45) is 0 Å². The van der Waals surface area contributed by atoms with Gasteiger partial charge in [0.15, 0.2) is 0 Å². The molecule has 5 nitrogen and oxygen atoms in total. The molecule has 1 rings (SSSR count). The summed E-state index contributed by atoms with van der Waals surface area (Å²) in [4.78, 5) is 23.5. The van der Waals surface area contributed by atoms with E-state index in [0.29, 0.717) is 13.1 Å². The van der Waals surface area contributed by atoms with E-state index in [1.165, 1.54) is 38.5 Å². The van der Waals surface area contributed by atoms with E-state index in [0.717, 1.165) is 24.2 Å². The van der Waals surface area contributed by atoms with E-state index in [2.05, 4.69) is 17.6 Å². The minimum absolute atomic E-state index is 0.327. The lowest BCUT2D eigenvalue weighted by Gasteiger charge is -2.07. The summed E-state index contributed by atoms with van der Waals surface area (Å²) < 4.78 is 5.08. The van der Waals surface area contributed by atoms with Gasteiger partial charge in [0.25, 0.3) is 0 Å². The molecule has 0 aliphatic heterocycles. The van der Waals surface area contributed by atoms with Gasteiger partial charge in [-0.2, -0.15) is 0 Å². The number of benzene rings is 1. The summed E-state index contributed by atoms with van der Waals surface area (Å²) in [7, 11) is 1.60. The van der Waals surface area contributed by atoms with Gasteiger partial charge in [-0.3, -0.25) is 9.59 Å². The van der Waals surface area contributed by atoms with Crippen molar-refractivity contribution in [3.8, 4) is 5.75 Å². The Hall–Kier alpha value is -2.04. The Morgan fingerprint density at radius 3 is 2.00 bits per heavy atom. The molecule has 2 N–H and O–H groups in total. The number of carbonyl (C=O) groups is 2. The molecule has 0 spiro atoms. The highest BCUT2D eigenvalue weighted by Crippen LogP contribution is 2.11. The maximum atomic E-state index is 11.8. The number of methoxy groups -OCH3 is 1. The number of unbranched alkanes of at least 4 members (excludes halogenated alkanes) is 7. The zero-order valence-electron chi connectivity index (χ0n) is 15.6. The Morgan fingerprint density at radius 2 is 1.40 bits per heavy atom. The summed E-state index contributed by atoms with van der Waals surface area (Å²) in [6, 6.07) is 7.36. The second-order valence-electron chi connectivity index (χ2n) is 6.26. The van der Waals surface area contributed by atoms with Gasteiger partial charge in [-0.1, -0.05) is 64.0 Å². The fraction of sp³-hybridized carbons (Fsp3) is 0.600. The molecule has 0 aromatic heterocycles. The normalized spacial score (nSPS) is 10.3. The van der Waals surface area contributed by atoms with Gasteiger partial charge in [0.05, 0.1) is 7.11 Å². The average Bonchev–Trinajstić information content (AvgIpc) is 2.65. The second-order valence-corrected chi connectivity index (χ2v) is 6.26. The van der Waals surface area contributed by atoms with Gasteiger partial charge in [0, 0.05) is 13.1 Å². The van der Waals surface area contributed by atoms with Gasteiger partial charge in [-0.05, 0) is 24.1 Å². The predicted octanol–water partition coefficient (Wildman–Crippen LogP) is 3.57. The van der Waals surface area contributed by atoms with Crippen molar-refractivity contribution in [3.63, 3.8) is 0 Å². The highest BCUT2D eigenvalue weighted by Gasteiger charge is 2.11. The molecule has 2 amide bonds. The van der Waals surface area contributed by atoms with E-state index >= 15 is 0 Å². The van der Waals surface area contributed by atoms with Gasteiger partial charge >= 0.3 is 11.8 Å². The Balaban J connectivity index is 2.06. The van der Waals surface area contributed by atoms with Crippen molar-refractivity contribution in [3.05, 3.63) is 29.8 Å². The van der Waals surface area contributed by atoms with Crippen molar-refractivity contribution in [1.82, 2.24) is 10.6 Å². The molecule has 0 heterocycles. The molecule has 0 unspecified atom stereocenters. The van der Waals surface area contributed by atoms with Crippen LogP contribution in [0.4, 0.5) is 0 Å². The van der Waals surface area contributed by atoms with E-state index in [-0.39, 0.29) is 0 Å². The first-order valence-electron chi connectivity index (χ1n) is 9.36. The largest absolute Gasteiger partial charge is 0.497 e. The van der Waals surface area contributed by atoms with Crippen LogP contribution in [0.25, 0.3) is 0 Å². The Bertz CT molecular complexity index is 500. The first-order valence-corrected chi connectivity index (χ1v) is 9.36. The van der Waals surface area contributed by atoms with E-state index in [1.54, 1.807) is 7.11 Å². The highest BCUT2D eigenvalue weighted by atomic mass is 16.5. The zero-order chi connectivity index (χ0) is 18.3. The van der Waals surface area contributed by atoms with Crippen LogP contribution in [0.15, 0.2) is 24.3 Å². The topological polar surface area (TPSA) is 67.4 Å². The van der Waals surface area contributed by atoms with Crippen molar-refractivity contribution < 1.29 is 14.3 Å². The lowest BCUT2D eigenvalue weighted by molar-refractivity contribution is -0.139. The lowest BCUT2D eigenvalue weighted by Crippen LogP contribution is -2.39. The molecule has 0 bridgehead atoms. The molecule has 25 heavy (non-hydrogen) atoms. The van der Waals surface area contributed by atoms with Crippen LogP contribution in [0.5, 0.6) is 5.75 Å². The fourth-order valence-corrected chi connectivity index (χ4v) is 2.55. The molecule has 1 aromatic rings. The number of amides is 2. The molecule has 140 valence electrons. The van der Waals surface area contributed by atoms with Crippen LogP contribution in [0.1, 0.15) is 63.9 Å². The summed E-state index contributed by atoms with van der Waals surface area (Å²) in [6.45, 7) is 3.10. The van der Waals surface area contributed by atoms with Crippen molar-refractivity contribution >= 4 is 11.8 Å². The molecule has 0 aliphatic rings. The van der Waals surface area contributed by atoms with Crippen LogP contribution in [0.2, 0.25) is 0 Å². The quantitative estimate of drug-likeness (QED) is 0.448. The van der Waals surface area contributed by atoms with Gasteiger partial charge in [-0.25, -0.2) is 0 Å². The van der Waals surface area contributed by atoms with Gasteiger partial charge in [0.1, 0.15) is 5.75 Å². The standard InChI is InChI=1S/C20H32N2O3/c1-3-4-5-6-7-8-9-10-15-21-19(23)20(24)22-16-17-11-13-18(25-2)14-12-17/h11-14H,3-10,15-16H2,1-2H3,(H,21,23)(H,22,24). The number of hydrogen-bond acceptors (Lipinski definition) is 3. The minimum atomic E-state index is -0.588. The molecular weight excluding hydrogens is 316 g/mol. The number of ether oxygens (including phenoxy) is 1. The highest BCUT2D eigenvalue weighted by molar-refractivity contribution is 6.35. The zero-order valence-corrected chi connectivity index (χ0v) is 15.6. The molecule has 5 heteroatoms. The third-order valence-electron chi connectivity index (χ3n) is 4.13. The predicted molar refractivity (Wildman–Crippen MR) is 100 cm³/mol. The molecule has 0 saturated carbocycles. The molecule has 1 aromatic carbocycles. The van der Waals surface area contributed by atoms with E-state index in [9.17, 15) is 9.59 Å². The van der Waals surface area contributed by atoms with Gasteiger partial charge < -0.3 is 15.4 Å². The minimum Gasteiger partial charge on any atom is -0.497 e. The molecule has 0 saturated heterocycles. The number of hydrogen-bond donors (Lipinski definition) is 2. The van der Waals surface area contributed by atoms with Crippen LogP contribution in [-0.4, -0.2) is 25.5 Å². The first-order chi connectivity index (χ1) is 12.2. The Kier molecular flexibility index (Phi) is 11.2. The van der Waals surface area contributed by atoms with E-state index in [1.807, 2.05) is 24.3 Å². The summed E-state index contributed by atoms with van der Waals surface area (Å²) >= 11 is 0. The molecule has 0 radical (unpaired) electrons. The number of rotatable bonds is 12. The maximum absolute atomic E-state index is 11.8. The SMILES string of the molecule is CCCCCCCCCCNC(=O)C(=O)NCc1ccc(OC)cc1. The third kappa shape index (κ3) is 9.75. The number of carbonyl (C=O) groups excluding carboxylic acids is 2. The van der Waals surface area contributed by atoms with Crippen LogP contribution in [0.3, 0.4) is 0 Å². The van der Waals surface area contributed by atoms with Crippen molar-refractivity contribution in [1.29, 1.82) is 0 Å². The maximum Gasteiger partial charge on any atom is 0.309 e. The van der Waals surface area contributed by atoms with Crippen LogP contribution < -0.4 is 15.4 Å². The first kappa shape index (κ1) is 21.0. The molecule has 0 atom stereocenters. The Labute approximate surface area is 151 Å². The smallest absolute Gasteiger partial charge is 0.309 e. The van der Waals surface area contributed by atoms with Gasteiger partial charge in [0.2, 0.25) is 0 Å². The average molecular weight is 348 g/mol. The van der Waals surface area contributed by atoms with Crippen LogP contribution in [-0.2, 0) is 16.1 Å². The van der Waals surface area contributed by atoms with Crippen molar-refractivity contribution in [2.45, 2.75) is 64.8 Å². The molecule has 0 fully saturated rings. The van der Waals surface area contributed by atoms with Crippen molar-refractivity contribution in [2.75, 3.05) is 13.7 Å². The lowest BCUT2D eigenvalue weighted by atomic mass is 10.1. The third-order valence-corrected chi connectivity index (χ3v) is 4.13. The van der Waals surface area contributed by atoms with Crippen LogP contribution >= 0.6 is 0 Å². The number of nitrogens with one attached hydrogen (secondary N) is 2. The van der Waals surface area contributed by atoms with E-state index in [4.69, 9.17) is 4.74 Å². The second kappa shape index (κ2) is 13.3. The molecular formula is C20H32N2O3. The van der Waals surface area contributed by atoms with Crippen LogP contribution in [0, 0.1) is 0 Å². The Morgan fingerprint density at radius 1 is 0.840 bits per heavy atom. The fourth-order valence-electron chi connectivity index (χ4n) is 2.55. The van der Waals surface area contributed by atoms with Gasteiger partial charge in [-0.15, -0.1) is 0 Å².